The molecule has 0 amide bonds. The maximum absolute atomic E-state index is 12.1. The lowest BCUT2D eigenvalue weighted by molar-refractivity contribution is -0.140. The van der Waals surface area contributed by atoms with Crippen molar-refractivity contribution in [2.45, 2.75) is 26.0 Å². The Bertz CT molecular complexity index is 987. The number of nitriles is 3. The van der Waals surface area contributed by atoms with Crippen molar-refractivity contribution in [2.75, 3.05) is 0 Å². The van der Waals surface area contributed by atoms with Gasteiger partial charge in [0.2, 0.25) is 0 Å². The zero-order valence-electron chi connectivity index (χ0n) is 14.4. The molecule has 1 aromatic carbocycles. The van der Waals surface area contributed by atoms with E-state index in [0.29, 0.717) is 22.8 Å². The summed E-state index contributed by atoms with van der Waals surface area (Å²) in [5, 5.41) is 31.8. The number of rotatable bonds is 6. The van der Waals surface area contributed by atoms with E-state index in [1.807, 2.05) is 6.07 Å². The van der Waals surface area contributed by atoms with Crippen molar-refractivity contribution in [1.82, 2.24) is 9.78 Å². The maximum atomic E-state index is 12.1. The smallest absolute Gasteiger partial charge is 0.350 e. The van der Waals surface area contributed by atoms with Gasteiger partial charge < -0.3 is 4.74 Å². The first-order chi connectivity index (χ1) is 13.0. The van der Waals surface area contributed by atoms with Gasteiger partial charge >= 0.3 is 5.97 Å². The highest BCUT2D eigenvalue weighted by Crippen LogP contribution is 2.26. The van der Waals surface area contributed by atoms with Crippen LogP contribution in [0.5, 0.6) is 0 Å². The number of benzene rings is 1. The molecule has 0 saturated heterocycles. The Hall–Kier alpha value is -3.60. The van der Waals surface area contributed by atoms with E-state index in [4.69, 9.17) is 26.9 Å². The molecule has 0 aliphatic heterocycles. The minimum Gasteiger partial charge on any atom is -0.443 e. The zero-order chi connectivity index (χ0) is 19.8. The molecule has 0 unspecified atom stereocenters. The van der Waals surface area contributed by atoms with Gasteiger partial charge in [-0.05, 0) is 25.1 Å². The van der Waals surface area contributed by atoms with E-state index in [1.165, 1.54) is 13.0 Å². The van der Waals surface area contributed by atoms with Gasteiger partial charge in [0.25, 0.3) is 0 Å². The Labute approximate surface area is 161 Å². The fourth-order valence-electron chi connectivity index (χ4n) is 2.20. The second-order valence-corrected chi connectivity index (χ2v) is 5.89. The summed E-state index contributed by atoms with van der Waals surface area (Å²) in [5.74, 6) is -0.890. The van der Waals surface area contributed by atoms with E-state index in [2.05, 4.69) is 5.10 Å². The normalized spacial score (nSPS) is 11.7. The number of nitrogens with zero attached hydrogens (tertiary/aromatic N) is 5. The lowest BCUT2D eigenvalue weighted by atomic mass is 10.1. The van der Waals surface area contributed by atoms with Crippen molar-refractivity contribution < 1.29 is 9.53 Å². The van der Waals surface area contributed by atoms with Gasteiger partial charge in [0.05, 0.1) is 24.7 Å². The van der Waals surface area contributed by atoms with Crippen molar-refractivity contribution in [2.24, 2.45) is 0 Å². The molecule has 7 nitrogen and oxygen atoms in total. The summed E-state index contributed by atoms with van der Waals surface area (Å²) in [6.07, 6.45) is 2.28. The average molecular weight is 380 g/mol. The highest BCUT2D eigenvalue weighted by Gasteiger charge is 2.17. The van der Waals surface area contributed by atoms with Crippen LogP contribution in [0.2, 0.25) is 5.02 Å². The molecule has 0 N–H and O–H groups in total. The summed E-state index contributed by atoms with van der Waals surface area (Å²) in [5.41, 5.74) is 1.51. The van der Waals surface area contributed by atoms with Crippen molar-refractivity contribution >= 4 is 23.6 Å². The van der Waals surface area contributed by atoms with Gasteiger partial charge in [-0.2, -0.15) is 20.9 Å². The molecule has 0 fully saturated rings. The molecule has 0 saturated carbocycles. The molecule has 134 valence electrons. The fourth-order valence-corrected chi connectivity index (χ4v) is 2.32. The number of aryl methyl sites for hydroxylation is 1. The quantitative estimate of drug-likeness (QED) is 0.431. The third-order valence-electron chi connectivity index (χ3n) is 3.47. The van der Waals surface area contributed by atoms with Crippen LogP contribution in [-0.4, -0.2) is 21.9 Å². The highest BCUT2D eigenvalue weighted by molar-refractivity contribution is 6.30. The Kier molecular flexibility index (Phi) is 6.72. The molecule has 0 radical (unpaired) electrons. The Morgan fingerprint density at radius 3 is 2.63 bits per heavy atom. The second-order valence-electron chi connectivity index (χ2n) is 5.46. The summed E-state index contributed by atoms with van der Waals surface area (Å²) in [4.78, 5) is 12.1. The molecule has 27 heavy (non-hydrogen) atoms. The maximum Gasteiger partial charge on any atom is 0.350 e. The molecular formula is C19H14ClN5O2. The third kappa shape index (κ3) is 5.19. The van der Waals surface area contributed by atoms with Crippen molar-refractivity contribution in [3.63, 3.8) is 0 Å². The minimum atomic E-state index is -0.969. The summed E-state index contributed by atoms with van der Waals surface area (Å²) in [6.45, 7) is 1.77. The first-order valence-electron chi connectivity index (χ1n) is 7.91. The van der Waals surface area contributed by atoms with Crippen molar-refractivity contribution in [1.29, 1.82) is 15.8 Å². The standard InChI is InChI=1S/C19H14ClN5O2/c1-13(10-22)27-19(26)15(11-23)9-16-12-25(8-2-7-21)24-18(16)14-3-5-17(20)6-4-14/h3-6,9,12-13H,2,8H2,1H3/b15-9+/t13-/m1/s1. The minimum absolute atomic E-state index is 0.257. The number of carbonyl (C=O) groups excluding carboxylic acids is 1. The molecule has 0 aliphatic carbocycles. The van der Waals surface area contributed by atoms with Crippen molar-refractivity contribution in [3.05, 3.63) is 46.6 Å². The highest BCUT2D eigenvalue weighted by atomic mass is 35.5. The molecule has 0 spiro atoms. The summed E-state index contributed by atoms with van der Waals surface area (Å²) < 4.78 is 6.45. The van der Waals surface area contributed by atoms with E-state index in [-0.39, 0.29) is 12.0 Å². The second kappa shape index (κ2) is 9.20. The first-order valence-corrected chi connectivity index (χ1v) is 8.29. The SMILES string of the molecule is C[C@H](C#N)OC(=O)/C(C#N)=C/c1cn(CCC#N)nc1-c1ccc(Cl)cc1. The van der Waals surface area contributed by atoms with Crippen LogP contribution < -0.4 is 0 Å². The first kappa shape index (κ1) is 19.7. The summed E-state index contributed by atoms with van der Waals surface area (Å²) in [6, 6.07) is 12.5. The third-order valence-corrected chi connectivity index (χ3v) is 3.72. The number of esters is 1. The monoisotopic (exact) mass is 379 g/mol. The van der Waals surface area contributed by atoms with Gasteiger partial charge in [0.15, 0.2) is 6.10 Å². The van der Waals surface area contributed by atoms with Crippen LogP contribution >= 0.6 is 11.6 Å². The lowest BCUT2D eigenvalue weighted by Gasteiger charge is -2.04. The molecule has 8 heteroatoms. The van der Waals surface area contributed by atoms with Gasteiger partial charge in [0, 0.05) is 22.3 Å². The number of ether oxygens (including phenoxy) is 1. The Balaban J connectivity index is 2.47. The van der Waals surface area contributed by atoms with Crippen LogP contribution in [0.25, 0.3) is 17.3 Å². The van der Waals surface area contributed by atoms with Gasteiger partial charge in [-0.1, -0.05) is 23.7 Å². The molecule has 1 atom stereocenters. The topological polar surface area (TPSA) is 115 Å². The van der Waals surface area contributed by atoms with Crippen LogP contribution in [0.4, 0.5) is 0 Å². The van der Waals surface area contributed by atoms with Crippen molar-refractivity contribution in [3.8, 4) is 29.5 Å². The van der Waals surface area contributed by atoms with E-state index in [9.17, 15) is 10.1 Å². The number of halogens is 1. The Morgan fingerprint density at radius 1 is 1.33 bits per heavy atom. The molecule has 0 bridgehead atoms. The largest absolute Gasteiger partial charge is 0.443 e. The van der Waals surface area contributed by atoms with Crippen LogP contribution in [0.15, 0.2) is 36.0 Å². The molecular weight excluding hydrogens is 366 g/mol. The van der Waals surface area contributed by atoms with Crippen LogP contribution in [0.3, 0.4) is 0 Å². The fraction of sp³-hybridized carbons (Fsp3) is 0.211. The lowest BCUT2D eigenvalue weighted by Crippen LogP contribution is -2.14. The van der Waals surface area contributed by atoms with E-state index >= 15 is 0 Å². The van der Waals surface area contributed by atoms with E-state index in [0.717, 1.165) is 5.56 Å². The summed E-state index contributed by atoms with van der Waals surface area (Å²) in [7, 11) is 0. The van der Waals surface area contributed by atoms with E-state index in [1.54, 1.807) is 47.3 Å². The Morgan fingerprint density at radius 2 is 2.04 bits per heavy atom. The van der Waals surface area contributed by atoms with Crippen LogP contribution in [-0.2, 0) is 16.1 Å². The van der Waals surface area contributed by atoms with Gasteiger partial charge in [-0.25, -0.2) is 4.79 Å². The molecule has 1 heterocycles. The number of aromatic nitrogens is 2. The predicted molar refractivity (Wildman–Crippen MR) is 97.7 cm³/mol. The van der Waals surface area contributed by atoms with Gasteiger partial charge in [-0.3, -0.25) is 4.68 Å². The van der Waals surface area contributed by atoms with Crippen LogP contribution in [0, 0.1) is 34.0 Å². The van der Waals surface area contributed by atoms with E-state index < -0.39 is 12.1 Å². The predicted octanol–water partition coefficient (Wildman–Crippen LogP) is 3.48. The van der Waals surface area contributed by atoms with Gasteiger partial charge in [0.1, 0.15) is 17.7 Å². The van der Waals surface area contributed by atoms with Gasteiger partial charge in [-0.15, -0.1) is 0 Å². The molecule has 2 rings (SSSR count). The molecule has 0 aliphatic rings. The number of carbonyl (C=O) groups is 1. The van der Waals surface area contributed by atoms with Crippen LogP contribution in [0.1, 0.15) is 18.9 Å². The molecule has 1 aromatic heterocycles. The molecule has 2 aromatic rings. The summed E-state index contributed by atoms with van der Waals surface area (Å²) >= 11 is 5.92. The zero-order valence-corrected chi connectivity index (χ0v) is 15.1. The number of hydrogen-bond acceptors (Lipinski definition) is 6. The number of hydrogen-bond donors (Lipinski definition) is 0. The average Bonchev–Trinajstić information content (AvgIpc) is 3.07.